The Morgan fingerprint density at radius 2 is 2.00 bits per heavy atom. The molecule has 1 aromatic heterocycles. The average Bonchev–Trinajstić information content (AvgIpc) is 2.60. The van der Waals surface area contributed by atoms with Gasteiger partial charge in [-0.2, -0.15) is 0 Å². The van der Waals surface area contributed by atoms with E-state index in [0.29, 0.717) is 12.2 Å². The van der Waals surface area contributed by atoms with Gasteiger partial charge < -0.3 is 4.74 Å². The second-order valence-corrected chi connectivity index (χ2v) is 5.03. The van der Waals surface area contributed by atoms with E-state index in [4.69, 9.17) is 4.74 Å². The molecule has 0 fully saturated rings. The highest BCUT2D eigenvalue weighted by Crippen LogP contribution is 2.32. The van der Waals surface area contributed by atoms with Gasteiger partial charge in [0, 0.05) is 12.4 Å². The van der Waals surface area contributed by atoms with Gasteiger partial charge in [0.2, 0.25) is 0 Å². The van der Waals surface area contributed by atoms with E-state index in [1.807, 2.05) is 59.0 Å². The molecule has 0 aromatic carbocycles. The summed E-state index contributed by atoms with van der Waals surface area (Å²) in [5.74, 6) is -0.00393. The monoisotopic (exact) mass is 317 g/mol. The van der Waals surface area contributed by atoms with Gasteiger partial charge in [0.15, 0.2) is 0 Å². The maximum absolute atomic E-state index is 12.4. The van der Waals surface area contributed by atoms with Crippen LogP contribution in [0.1, 0.15) is 60.5 Å². The van der Waals surface area contributed by atoms with Crippen molar-refractivity contribution >= 4 is 11.5 Å². The van der Waals surface area contributed by atoms with E-state index in [-0.39, 0.29) is 11.9 Å². The summed E-state index contributed by atoms with van der Waals surface area (Å²) in [6, 6.07) is 3.89. The zero-order valence-electron chi connectivity index (χ0n) is 15.6. The molecule has 0 bridgehead atoms. The Morgan fingerprint density at radius 1 is 1.35 bits per heavy atom. The number of aromatic nitrogens is 1. The van der Waals surface area contributed by atoms with Crippen LogP contribution in [-0.2, 0) is 9.53 Å². The molecule has 128 valence electrons. The zero-order valence-corrected chi connectivity index (χ0v) is 15.6. The topological polar surface area (TPSA) is 39.2 Å². The third-order valence-electron chi connectivity index (χ3n) is 3.65. The summed E-state index contributed by atoms with van der Waals surface area (Å²) in [4.78, 5) is 16.6. The minimum Gasteiger partial charge on any atom is -0.462 e. The van der Waals surface area contributed by atoms with Crippen LogP contribution in [0.3, 0.4) is 0 Å². The molecule has 0 radical (unpaired) electrons. The van der Waals surface area contributed by atoms with Crippen molar-refractivity contribution in [1.82, 2.24) is 4.98 Å². The normalized spacial score (nSPS) is 13.4. The summed E-state index contributed by atoms with van der Waals surface area (Å²) in [5.41, 5.74) is 3.60. The van der Waals surface area contributed by atoms with Crippen molar-refractivity contribution in [2.75, 3.05) is 6.61 Å². The second-order valence-electron chi connectivity index (χ2n) is 5.03. The van der Waals surface area contributed by atoms with Crippen molar-refractivity contribution in [2.24, 2.45) is 5.92 Å². The number of allylic oxidation sites excluding steroid dienone is 2. The lowest BCUT2D eigenvalue weighted by atomic mass is 9.86. The van der Waals surface area contributed by atoms with Gasteiger partial charge in [0.25, 0.3) is 0 Å². The highest BCUT2D eigenvalue weighted by molar-refractivity contribution is 6.02. The van der Waals surface area contributed by atoms with Crippen molar-refractivity contribution in [2.45, 2.75) is 54.9 Å². The molecule has 1 atom stereocenters. The quantitative estimate of drug-likeness (QED) is 0.398. The average molecular weight is 317 g/mol. The molecule has 1 aromatic rings. The molecule has 0 saturated heterocycles. The largest absolute Gasteiger partial charge is 0.462 e. The van der Waals surface area contributed by atoms with Crippen LogP contribution < -0.4 is 0 Å². The summed E-state index contributed by atoms with van der Waals surface area (Å²) in [6.07, 6.45) is 6.45. The lowest BCUT2D eigenvalue weighted by molar-refractivity contribution is -0.138. The molecule has 0 amide bonds. The van der Waals surface area contributed by atoms with Gasteiger partial charge in [-0.05, 0) is 55.9 Å². The smallest absolute Gasteiger partial charge is 0.338 e. The summed E-state index contributed by atoms with van der Waals surface area (Å²) in [7, 11) is 0. The highest BCUT2D eigenvalue weighted by Gasteiger charge is 2.22. The summed E-state index contributed by atoms with van der Waals surface area (Å²) in [5, 5.41) is 0. The first-order valence-electron chi connectivity index (χ1n) is 8.51. The second kappa shape index (κ2) is 11.6. The number of nitrogens with zero attached hydrogens (tertiary/aromatic N) is 1. The van der Waals surface area contributed by atoms with Gasteiger partial charge in [-0.3, -0.25) is 4.98 Å². The van der Waals surface area contributed by atoms with Crippen LogP contribution in [0.5, 0.6) is 0 Å². The summed E-state index contributed by atoms with van der Waals surface area (Å²) in [6.45, 7) is 14.3. The first kappa shape index (κ1) is 21.1. The van der Waals surface area contributed by atoms with E-state index in [1.54, 1.807) is 6.20 Å². The number of hydrogen-bond donors (Lipinski definition) is 0. The zero-order chi connectivity index (χ0) is 17.8. The Morgan fingerprint density at radius 3 is 2.43 bits per heavy atom. The number of rotatable bonds is 6. The fourth-order valence-corrected chi connectivity index (χ4v) is 2.23. The number of esters is 1. The van der Waals surface area contributed by atoms with E-state index in [2.05, 4.69) is 18.8 Å². The van der Waals surface area contributed by atoms with Crippen LogP contribution in [0.15, 0.2) is 41.7 Å². The standard InChI is InChI=1S/C18H25NO2.C2H6/c1-6-13(4)16(15-10-9-11-19-12-15)17(14(5)7-2)18(20)21-8-3;1-2/h7,9-13H,6,8H2,1-5H3;1-2H3/b14-7-,17-16-;/t13-;/m1./s1. The van der Waals surface area contributed by atoms with Crippen LogP contribution >= 0.6 is 0 Å². The van der Waals surface area contributed by atoms with E-state index in [9.17, 15) is 4.79 Å². The van der Waals surface area contributed by atoms with Gasteiger partial charge >= 0.3 is 5.97 Å². The molecule has 0 aliphatic heterocycles. The SMILES string of the molecule is C/C=C(C)\C(C(=O)OCC)=C(\c1cccnc1)[C@H](C)CC.CC. The molecule has 1 rings (SSSR count). The van der Waals surface area contributed by atoms with E-state index >= 15 is 0 Å². The molecule has 0 aliphatic carbocycles. The summed E-state index contributed by atoms with van der Waals surface area (Å²) < 4.78 is 5.27. The molecule has 3 heteroatoms. The Balaban J connectivity index is 0.00000232. The predicted molar refractivity (Wildman–Crippen MR) is 98.0 cm³/mol. The Kier molecular flexibility index (Phi) is 10.7. The molecule has 0 spiro atoms. The minimum absolute atomic E-state index is 0.253. The number of ether oxygens (including phenoxy) is 1. The first-order chi connectivity index (χ1) is 11.1. The number of carbonyl (C=O) groups is 1. The van der Waals surface area contributed by atoms with Crippen LogP contribution in [0.2, 0.25) is 0 Å². The van der Waals surface area contributed by atoms with Crippen molar-refractivity contribution < 1.29 is 9.53 Å². The fourth-order valence-electron chi connectivity index (χ4n) is 2.23. The third kappa shape index (κ3) is 6.01. The molecular weight excluding hydrogens is 286 g/mol. The Labute approximate surface area is 141 Å². The Hall–Kier alpha value is -1.90. The maximum Gasteiger partial charge on any atom is 0.338 e. The molecular formula is C20H31NO2. The third-order valence-corrected chi connectivity index (χ3v) is 3.65. The Bertz CT molecular complexity index is 530. The molecule has 3 nitrogen and oxygen atoms in total. The van der Waals surface area contributed by atoms with Crippen molar-refractivity contribution in [3.63, 3.8) is 0 Å². The predicted octanol–water partition coefficient (Wildman–Crippen LogP) is 5.44. The van der Waals surface area contributed by atoms with Gasteiger partial charge in [-0.1, -0.05) is 39.8 Å². The molecule has 0 saturated carbocycles. The molecule has 23 heavy (non-hydrogen) atoms. The van der Waals surface area contributed by atoms with Gasteiger partial charge in [0.1, 0.15) is 0 Å². The molecule has 0 N–H and O–H groups in total. The van der Waals surface area contributed by atoms with Crippen molar-refractivity contribution in [1.29, 1.82) is 0 Å². The van der Waals surface area contributed by atoms with Gasteiger partial charge in [0.05, 0.1) is 12.2 Å². The first-order valence-corrected chi connectivity index (χ1v) is 8.51. The van der Waals surface area contributed by atoms with Crippen molar-refractivity contribution in [3.05, 3.63) is 47.3 Å². The van der Waals surface area contributed by atoms with Crippen LogP contribution in [0.4, 0.5) is 0 Å². The summed E-state index contributed by atoms with van der Waals surface area (Å²) >= 11 is 0. The van der Waals surface area contributed by atoms with E-state index in [1.165, 1.54) is 0 Å². The highest BCUT2D eigenvalue weighted by atomic mass is 16.5. The fraction of sp³-hybridized carbons (Fsp3) is 0.500. The van der Waals surface area contributed by atoms with Crippen LogP contribution in [0, 0.1) is 5.92 Å². The van der Waals surface area contributed by atoms with Crippen LogP contribution in [-0.4, -0.2) is 17.6 Å². The van der Waals surface area contributed by atoms with E-state index < -0.39 is 0 Å². The van der Waals surface area contributed by atoms with Gasteiger partial charge in [-0.25, -0.2) is 4.79 Å². The van der Waals surface area contributed by atoms with E-state index in [0.717, 1.165) is 23.1 Å². The van der Waals surface area contributed by atoms with Gasteiger partial charge in [-0.15, -0.1) is 0 Å². The number of hydrogen-bond acceptors (Lipinski definition) is 3. The van der Waals surface area contributed by atoms with Crippen LogP contribution in [0.25, 0.3) is 5.57 Å². The number of carbonyl (C=O) groups excluding carboxylic acids is 1. The minimum atomic E-state index is -0.257. The van der Waals surface area contributed by atoms with Crippen molar-refractivity contribution in [3.8, 4) is 0 Å². The molecule has 1 heterocycles. The lowest BCUT2D eigenvalue weighted by Gasteiger charge is -2.20. The lowest BCUT2D eigenvalue weighted by Crippen LogP contribution is -2.14. The molecule has 0 unspecified atom stereocenters. The molecule has 0 aliphatic rings. The number of pyridine rings is 1. The maximum atomic E-state index is 12.4.